The van der Waals surface area contributed by atoms with Gasteiger partial charge in [-0.2, -0.15) is 0 Å². The van der Waals surface area contributed by atoms with Crippen molar-refractivity contribution in [3.63, 3.8) is 0 Å². The highest BCUT2D eigenvalue weighted by atomic mass is 28.3. The van der Waals surface area contributed by atoms with Gasteiger partial charge in [-0.1, -0.05) is 178 Å². The molecule has 0 unspecified atom stereocenters. The monoisotopic (exact) mass is 722 g/mol. The summed E-state index contributed by atoms with van der Waals surface area (Å²) in [5.41, 5.74) is 9.64. The van der Waals surface area contributed by atoms with Gasteiger partial charge in [-0.25, -0.2) is 0 Å². The van der Waals surface area contributed by atoms with Gasteiger partial charge in [0.05, 0.1) is 27.8 Å². The summed E-state index contributed by atoms with van der Waals surface area (Å²) in [6.07, 6.45) is 0. The van der Waals surface area contributed by atoms with Crippen LogP contribution < -0.4 is 15.6 Å². The molecule has 3 heteroatoms. The maximum Gasteiger partial charge on any atom is 0.153 e. The first-order valence-electron chi connectivity index (χ1n) is 19.3. The number of nitrogens with zero attached hydrogens (tertiary/aromatic N) is 2. The molecule has 0 spiro atoms. The minimum Gasteiger partial charge on any atom is -0.309 e. The maximum absolute atomic E-state index is 2.60. The van der Waals surface area contributed by atoms with Gasteiger partial charge in [-0.3, -0.25) is 0 Å². The van der Waals surface area contributed by atoms with Crippen molar-refractivity contribution in [2.24, 2.45) is 0 Å². The van der Waals surface area contributed by atoms with Crippen molar-refractivity contribution in [1.29, 1.82) is 0 Å². The first-order valence-corrected chi connectivity index (χ1v) is 21.3. The molecule has 0 aliphatic carbocycles. The van der Waals surface area contributed by atoms with Crippen molar-refractivity contribution in [3.05, 3.63) is 200 Å². The molecule has 2 nitrogen and oxygen atoms in total. The second kappa shape index (κ2) is 12.9. The van der Waals surface area contributed by atoms with Gasteiger partial charge in [-0.05, 0) is 74.2 Å². The Bertz CT molecular complexity index is 2950. The van der Waals surface area contributed by atoms with Crippen molar-refractivity contribution in [3.8, 4) is 22.5 Å². The largest absolute Gasteiger partial charge is 0.309 e. The molecule has 2 aromatic heterocycles. The molecule has 0 radical (unpaired) electrons. The van der Waals surface area contributed by atoms with Crippen LogP contribution in [0.5, 0.6) is 0 Å². The van der Waals surface area contributed by atoms with E-state index in [0.717, 1.165) is 5.69 Å². The lowest BCUT2D eigenvalue weighted by Gasteiger charge is -2.44. The molecule has 0 atom stereocenters. The zero-order valence-electron chi connectivity index (χ0n) is 31.4. The number of aromatic nitrogens is 2. The Morgan fingerprint density at radius 3 is 1.51 bits per heavy atom. The average molecular weight is 723 g/mol. The Labute approximate surface area is 323 Å². The average Bonchev–Trinajstić information content (AvgIpc) is 3.75. The van der Waals surface area contributed by atoms with Gasteiger partial charge in [0.1, 0.15) is 0 Å². The first kappa shape index (κ1) is 33.2. The Morgan fingerprint density at radius 2 is 0.873 bits per heavy atom. The normalized spacial score (nSPS) is 12.3. The maximum atomic E-state index is 2.55. The standard InChI is InChI=1S/C52H42N2Si/c1-52(2,3)55(40-20-9-5-10-21-40,41-22-11-6-12-23-41)42-34-35-44-43-24-13-15-26-46(43)54(50(44)36-42)49-29-17-28-48-51(49)45-25-14-16-27-47(45)53(48)39-32-30-38(31-33-39)37-18-7-4-8-19-37/h4-36H,1-3H3. The van der Waals surface area contributed by atoms with Crippen LogP contribution in [0.4, 0.5) is 0 Å². The van der Waals surface area contributed by atoms with Crippen LogP contribution in [-0.4, -0.2) is 17.2 Å². The zero-order chi connectivity index (χ0) is 37.1. The summed E-state index contributed by atoms with van der Waals surface area (Å²) >= 11 is 0. The highest BCUT2D eigenvalue weighted by Gasteiger charge is 2.49. The van der Waals surface area contributed by atoms with Crippen molar-refractivity contribution in [2.75, 3.05) is 0 Å². The molecule has 0 fully saturated rings. The van der Waals surface area contributed by atoms with Crippen LogP contribution in [0.1, 0.15) is 20.8 Å². The molecule has 55 heavy (non-hydrogen) atoms. The van der Waals surface area contributed by atoms with E-state index in [2.05, 4.69) is 230 Å². The molecule has 0 aliphatic heterocycles. The lowest BCUT2D eigenvalue weighted by atomic mass is 10.1. The molecular weight excluding hydrogens is 681 g/mol. The first-order chi connectivity index (χ1) is 26.9. The fourth-order valence-electron chi connectivity index (χ4n) is 9.54. The van der Waals surface area contributed by atoms with Crippen LogP contribution >= 0.6 is 0 Å². The molecule has 0 bridgehead atoms. The van der Waals surface area contributed by atoms with Crippen molar-refractivity contribution >= 4 is 67.2 Å². The van der Waals surface area contributed by atoms with E-state index in [1.807, 2.05) is 0 Å². The van der Waals surface area contributed by atoms with Crippen LogP contribution in [0, 0.1) is 0 Å². The van der Waals surface area contributed by atoms with Crippen molar-refractivity contribution in [2.45, 2.75) is 25.8 Å². The topological polar surface area (TPSA) is 9.86 Å². The van der Waals surface area contributed by atoms with Crippen LogP contribution in [0.2, 0.25) is 5.04 Å². The predicted molar refractivity (Wildman–Crippen MR) is 238 cm³/mol. The summed E-state index contributed by atoms with van der Waals surface area (Å²) in [7, 11) is -2.60. The van der Waals surface area contributed by atoms with Crippen LogP contribution in [0.3, 0.4) is 0 Å². The molecule has 10 aromatic rings. The van der Waals surface area contributed by atoms with Gasteiger partial charge in [0.2, 0.25) is 0 Å². The molecule has 8 aromatic carbocycles. The SMILES string of the molecule is CC(C)(C)[Si](c1ccccc1)(c1ccccc1)c1ccc2c3ccccc3n(-c3cccc4c3c3ccccc3n4-c3ccc(-c4ccccc4)cc3)c2c1. The molecule has 10 rings (SSSR count). The van der Waals surface area contributed by atoms with Crippen LogP contribution in [0.25, 0.3) is 66.1 Å². The fraction of sp³-hybridized carbons (Fsp3) is 0.0769. The highest BCUT2D eigenvalue weighted by molar-refractivity contribution is 7.13. The lowest BCUT2D eigenvalue weighted by Crippen LogP contribution is -2.72. The molecule has 0 amide bonds. The molecule has 2 heterocycles. The van der Waals surface area contributed by atoms with Gasteiger partial charge in [0, 0.05) is 27.2 Å². The summed E-state index contributed by atoms with van der Waals surface area (Å²) in [6, 6.07) is 74.3. The van der Waals surface area contributed by atoms with E-state index >= 15 is 0 Å². The number of hydrogen-bond acceptors (Lipinski definition) is 0. The summed E-state index contributed by atoms with van der Waals surface area (Å²) < 4.78 is 4.98. The summed E-state index contributed by atoms with van der Waals surface area (Å²) in [6.45, 7) is 7.34. The van der Waals surface area contributed by atoms with Gasteiger partial charge < -0.3 is 9.13 Å². The van der Waals surface area contributed by atoms with E-state index in [1.54, 1.807) is 0 Å². The van der Waals surface area contributed by atoms with Crippen molar-refractivity contribution < 1.29 is 0 Å². The second-order valence-corrected chi connectivity index (χ2v) is 20.5. The minimum atomic E-state index is -2.60. The fourth-order valence-corrected chi connectivity index (χ4v) is 15.2. The summed E-state index contributed by atoms with van der Waals surface area (Å²) in [5.74, 6) is 0. The number of para-hydroxylation sites is 2. The van der Waals surface area contributed by atoms with E-state index in [-0.39, 0.29) is 5.04 Å². The molecule has 0 N–H and O–H groups in total. The third-order valence-corrected chi connectivity index (χ3v) is 17.6. The lowest BCUT2D eigenvalue weighted by molar-refractivity contribution is 0.739. The molecule has 264 valence electrons. The molecule has 0 saturated carbocycles. The smallest absolute Gasteiger partial charge is 0.153 e. The third kappa shape index (κ3) is 5.07. The second-order valence-electron chi connectivity index (χ2n) is 15.8. The van der Waals surface area contributed by atoms with Crippen LogP contribution in [-0.2, 0) is 0 Å². The number of benzene rings is 8. The Kier molecular flexibility index (Phi) is 7.76. The number of fused-ring (bicyclic) bond motifs is 6. The van der Waals surface area contributed by atoms with Crippen LogP contribution in [0.15, 0.2) is 200 Å². The summed E-state index contributed by atoms with van der Waals surface area (Å²) in [5, 5.41) is 9.29. The quantitative estimate of drug-likeness (QED) is 0.119. The molecular formula is C52H42N2Si. The van der Waals surface area contributed by atoms with E-state index in [0.29, 0.717) is 0 Å². The van der Waals surface area contributed by atoms with E-state index in [1.165, 1.54) is 76.0 Å². The van der Waals surface area contributed by atoms with Gasteiger partial charge in [-0.15, -0.1) is 0 Å². The number of rotatable bonds is 6. The van der Waals surface area contributed by atoms with E-state index in [4.69, 9.17) is 0 Å². The summed E-state index contributed by atoms with van der Waals surface area (Å²) in [4.78, 5) is 0. The molecule has 0 aliphatic rings. The number of hydrogen-bond donors (Lipinski definition) is 0. The Morgan fingerprint density at radius 1 is 0.364 bits per heavy atom. The highest BCUT2D eigenvalue weighted by Crippen LogP contribution is 2.41. The van der Waals surface area contributed by atoms with Gasteiger partial charge in [0.15, 0.2) is 8.07 Å². The van der Waals surface area contributed by atoms with Gasteiger partial charge >= 0.3 is 0 Å². The van der Waals surface area contributed by atoms with E-state index < -0.39 is 8.07 Å². The van der Waals surface area contributed by atoms with E-state index in [9.17, 15) is 0 Å². The zero-order valence-corrected chi connectivity index (χ0v) is 32.4. The van der Waals surface area contributed by atoms with Gasteiger partial charge in [0.25, 0.3) is 0 Å². The Hall–Kier alpha value is -6.42. The predicted octanol–water partition coefficient (Wildman–Crippen LogP) is 11.8. The molecule has 0 saturated heterocycles. The minimum absolute atomic E-state index is 0.0241. The third-order valence-electron chi connectivity index (χ3n) is 11.8. The van der Waals surface area contributed by atoms with Crippen molar-refractivity contribution in [1.82, 2.24) is 9.13 Å². The Balaban J connectivity index is 1.27.